The number of ether oxygens (including phenoxy) is 3. The van der Waals surface area contributed by atoms with E-state index in [1.807, 2.05) is 0 Å². The Bertz CT molecular complexity index is 1230. The Morgan fingerprint density at radius 3 is 0.742 bits per heavy atom. The summed E-state index contributed by atoms with van der Waals surface area (Å²) >= 11 is 0. The largest absolute Gasteiger partial charge is 0.462 e. The molecule has 1 aromatic carbocycles. The number of hydrogen-bond acceptors (Lipinski definition) is 6. The van der Waals surface area contributed by atoms with Crippen LogP contribution in [0.2, 0.25) is 0 Å². The van der Waals surface area contributed by atoms with Crippen molar-refractivity contribution in [3.63, 3.8) is 0 Å². The van der Waals surface area contributed by atoms with E-state index >= 15 is 0 Å². The summed E-state index contributed by atoms with van der Waals surface area (Å²) in [5.74, 6) is -1.61. The molecule has 0 atom stereocenters. The summed E-state index contributed by atoms with van der Waals surface area (Å²) in [5.41, 5.74) is 0.490. The van der Waals surface area contributed by atoms with Crippen LogP contribution >= 0.6 is 0 Å². The molecule has 1 rings (SSSR count). The molecule has 0 aliphatic rings. The van der Waals surface area contributed by atoms with Gasteiger partial charge in [-0.15, -0.1) is 0 Å². The van der Waals surface area contributed by atoms with E-state index in [0.29, 0.717) is 19.8 Å². The van der Waals surface area contributed by atoms with Gasteiger partial charge in [-0.1, -0.05) is 290 Å². The third kappa shape index (κ3) is 38.6. The zero-order valence-corrected chi connectivity index (χ0v) is 44.1. The van der Waals surface area contributed by atoms with Gasteiger partial charge in [-0.05, 0) is 37.5 Å². The van der Waals surface area contributed by atoms with Gasteiger partial charge in [0.05, 0.1) is 36.5 Å². The van der Waals surface area contributed by atoms with Crippen molar-refractivity contribution in [1.82, 2.24) is 0 Å². The summed E-state index contributed by atoms with van der Waals surface area (Å²) in [6.45, 7) is 7.77. The van der Waals surface area contributed by atoms with Gasteiger partial charge in [-0.25, -0.2) is 14.4 Å². The van der Waals surface area contributed by atoms with Gasteiger partial charge in [0.1, 0.15) is 0 Å². The maximum absolute atomic E-state index is 13.5. The van der Waals surface area contributed by atoms with E-state index < -0.39 is 17.9 Å². The molecule has 6 heteroatoms. The normalized spacial score (nSPS) is 11.3. The monoisotopic (exact) mass is 925 g/mol. The average Bonchev–Trinajstić information content (AvgIpc) is 3.33. The Labute approximate surface area is 409 Å². The number of hydrogen-bond donors (Lipinski definition) is 0. The summed E-state index contributed by atoms with van der Waals surface area (Å²) in [5, 5.41) is 0. The van der Waals surface area contributed by atoms with Crippen LogP contribution in [-0.2, 0) is 14.2 Å². The van der Waals surface area contributed by atoms with Crippen LogP contribution in [0.3, 0.4) is 0 Å². The van der Waals surface area contributed by atoms with Crippen molar-refractivity contribution >= 4 is 17.9 Å². The molecule has 0 amide bonds. The minimum absolute atomic E-state index is 0.0823. The summed E-state index contributed by atoms with van der Waals surface area (Å²) < 4.78 is 17.0. The fourth-order valence-corrected chi connectivity index (χ4v) is 9.17. The first kappa shape index (κ1) is 61.6. The van der Waals surface area contributed by atoms with Gasteiger partial charge in [-0.3, -0.25) is 0 Å². The van der Waals surface area contributed by atoms with Crippen molar-refractivity contribution in [2.75, 3.05) is 19.8 Å². The van der Waals surface area contributed by atoms with Crippen molar-refractivity contribution in [2.45, 2.75) is 310 Å². The molecular formula is C60H108O6. The lowest BCUT2D eigenvalue weighted by Gasteiger charge is -2.12. The third-order valence-corrected chi connectivity index (χ3v) is 13.6. The first-order valence-corrected chi connectivity index (χ1v) is 29.2. The van der Waals surface area contributed by atoms with Gasteiger partial charge < -0.3 is 14.2 Å². The van der Waals surface area contributed by atoms with E-state index in [1.165, 1.54) is 243 Å². The third-order valence-electron chi connectivity index (χ3n) is 13.6. The molecule has 0 saturated carbocycles. The Kier molecular flexibility index (Phi) is 45.8. The second kappa shape index (κ2) is 49.1. The molecule has 0 aliphatic heterocycles. The summed E-state index contributed by atoms with van der Waals surface area (Å²) in [4.78, 5) is 39.9. The zero-order valence-electron chi connectivity index (χ0n) is 44.1. The molecule has 1 aromatic rings. The van der Waals surface area contributed by atoms with Crippen LogP contribution < -0.4 is 0 Å². The topological polar surface area (TPSA) is 78.9 Å². The number of unbranched alkanes of at least 4 members (excludes halogenated alkanes) is 42. The number of rotatable bonds is 51. The fraction of sp³-hybridized carbons (Fsp3) is 0.850. The van der Waals surface area contributed by atoms with Crippen LogP contribution in [0, 0.1) is 0 Å². The maximum Gasteiger partial charge on any atom is 0.339 e. The molecule has 0 radical (unpaired) electrons. The predicted molar refractivity (Wildman–Crippen MR) is 282 cm³/mol. The van der Waals surface area contributed by atoms with Crippen molar-refractivity contribution < 1.29 is 28.6 Å². The second-order valence-electron chi connectivity index (χ2n) is 20.0. The van der Waals surface area contributed by atoms with Crippen LogP contribution in [0.1, 0.15) is 341 Å². The summed E-state index contributed by atoms with van der Waals surface area (Å²) in [6.07, 6.45) is 57.4. The predicted octanol–water partition coefficient (Wildman–Crippen LogP) is 19.8. The molecular weight excluding hydrogens is 817 g/mol. The molecule has 384 valence electrons. The lowest BCUT2D eigenvalue weighted by Crippen LogP contribution is -2.17. The highest BCUT2D eigenvalue weighted by Crippen LogP contribution is 2.20. The van der Waals surface area contributed by atoms with E-state index in [1.54, 1.807) is 6.07 Å². The zero-order chi connectivity index (χ0) is 47.6. The Hall–Kier alpha value is -2.37. The lowest BCUT2D eigenvalue weighted by molar-refractivity contribution is 0.0447. The number of carbonyl (C=O) groups excluding carboxylic acids is 3. The number of esters is 3. The highest BCUT2D eigenvalue weighted by Gasteiger charge is 2.22. The van der Waals surface area contributed by atoms with Gasteiger partial charge in [0.15, 0.2) is 0 Å². The fourth-order valence-electron chi connectivity index (χ4n) is 9.17. The van der Waals surface area contributed by atoms with Crippen molar-refractivity contribution in [3.05, 3.63) is 34.9 Å². The first-order valence-electron chi connectivity index (χ1n) is 29.2. The highest BCUT2D eigenvalue weighted by atomic mass is 16.5. The standard InChI is InChI=1S/C60H108O6/c1-4-7-10-13-16-19-22-25-28-31-34-37-40-43-46-51-64-58(61)55-49-50-56(59(62)65-52-47-44-41-38-35-32-29-26-23-20-17-14-11-8-5-2)57(54-55)60(63)66-53-48-45-42-39-36-33-30-27-24-21-18-15-12-9-6-3/h49-50,54H,4-48,51-53H2,1-3H3. The molecule has 0 saturated heterocycles. The molecule has 0 bridgehead atoms. The SMILES string of the molecule is CCCCCCCCCCCCCCCCCOC(=O)c1ccc(C(=O)OCCCCCCCCCCCCCCCCC)c(C(=O)OCCCCCCCCCCCCCCCCC)c1. The van der Waals surface area contributed by atoms with E-state index in [9.17, 15) is 14.4 Å². The first-order chi connectivity index (χ1) is 32.5. The number of benzene rings is 1. The van der Waals surface area contributed by atoms with Crippen LogP contribution in [-0.4, -0.2) is 37.7 Å². The Morgan fingerprint density at radius 2 is 0.485 bits per heavy atom. The quantitative estimate of drug-likeness (QED) is 0.0368. The van der Waals surface area contributed by atoms with Gasteiger partial charge in [0.25, 0.3) is 0 Å². The van der Waals surface area contributed by atoms with Crippen LogP contribution in [0.15, 0.2) is 18.2 Å². The molecule has 6 nitrogen and oxygen atoms in total. The molecule has 0 N–H and O–H groups in total. The Morgan fingerprint density at radius 1 is 0.273 bits per heavy atom. The second-order valence-corrected chi connectivity index (χ2v) is 20.0. The summed E-state index contributed by atoms with van der Waals surface area (Å²) in [6, 6.07) is 4.57. The van der Waals surface area contributed by atoms with Gasteiger partial charge in [-0.2, -0.15) is 0 Å². The van der Waals surface area contributed by atoms with Crippen LogP contribution in [0.4, 0.5) is 0 Å². The van der Waals surface area contributed by atoms with Crippen LogP contribution in [0.5, 0.6) is 0 Å². The van der Waals surface area contributed by atoms with Crippen molar-refractivity contribution in [2.24, 2.45) is 0 Å². The molecule has 0 fully saturated rings. The average molecular weight is 926 g/mol. The molecule has 66 heavy (non-hydrogen) atoms. The smallest absolute Gasteiger partial charge is 0.339 e. The van der Waals surface area contributed by atoms with Crippen molar-refractivity contribution in [1.29, 1.82) is 0 Å². The number of carbonyl (C=O) groups is 3. The van der Waals surface area contributed by atoms with Gasteiger partial charge >= 0.3 is 17.9 Å². The van der Waals surface area contributed by atoms with E-state index in [4.69, 9.17) is 14.2 Å². The molecule has 0 heterocycles. The van der Waals surface area contributed by atoms with Gasteiger partial charge in [0, 0.05) is 0 Å². The molecule has 0 aromatic heterocycles. The summed E-state index contributed by atoms with van der Waals surface area (Å²) in [7, 11) is 0. The maximum atomic E-state index is 13.5. The highest BCUT2D eigenvalue weighted by molar-refractivity contribution is 6.05. The van der Waals surface area contributed by atoms with E-state index in [2.05, 4.69) is 20.8 Å². The van der Waals surface area contributed by atoms with E-state index in [0.717, 1.165) is 57.8 Å². The Balaban J connectivity index is 2.44. The molecule has 0 spiro atoms. The lowest BCUT2D eigenvalue weighted by atomic mass is 10.0. The van der Waals surface area contributed by atoms with Crippen LogP contribution in [0.25, 0.3) is 0 Å². The minimum Gasteiger partial charge on any atom is -0.462 e. The molecule has 0 aliphatic carbocycles. The molecule has 0 unspecified atom stereocenters. The minimum atomic E-state index is -0.587. The van der Waals surface area contributed by atoms with Crippen molar-refractivity contribution in [3.8, 4) is 0 Å². The van der Waals surface area contributed by atoms with Gasteiger partial charge in [0.2, 0.25) is 0 Å². The van der Waals surface area contributed by atoms with E-state index in [-0.39, 0.29) is 16.7 Å².